The fourth-order valence-electron chi connectivity index (χ4n) is 0.794. The summed E-state index contributed by atoms with van der Waals surface area (Å²) in [6.07, 6.45) is 1.19. The molecule has 0 saturated heterocycles. The zero-order valence-electron chi connectivity index (χ0n) is 7.44. The summed E-state index contributed by atoms with van der Waals surface area (Å²) in [4.78, 5) is 0. The van der Waals surface area contributed by atoms with Gasteiger partial charge in [0.15, 0.2) is 9.84 Å². The first-order chi connectivity index (χ1) is 6.01. The van der Waals surface area contributed by atoms with Gasteiger partial charge in [0.1, 0.15) is 15.8 Å². The summed E-state index contributed by atoms with van der Waals surface area (Å²) in [5.74, 6) is -0.0195. The summed E-state index contributed by atoms with van der Waals surface area (Å²) in [6, 6.07) is 0. The molecule has 0 radical (unpaired) electrons. The Bertz CT molecular complexity index is 371. The zero-order chi connectivity index (χ0) is 9.90. The highest BCUT2D eigenvalue weighted by molar-refractivity contribution is 7.90. The maximum atomic E-state index is 10.9. The van der Waals surface area contributed by atoms with Crippen LogP contribution in [0.5, 0.6) is 0 Å². The third-order valence-electron chi connectivity index (χ3n) is 1.22. The van der Waals surface area contributed by atoms with Crippen LogP contribution in [0.2, 0.25) is 0 Å². The van der Waals surface area contributed by atoms with E-state index in [0.29, 0.717) is 11.6 Å². The number of rotatable bonds is 4. The Morgan fingerprint density at radius 1 is 1.38 bits per heavy atom. The molecule has 1 aromatic heterocycles. The molecule has 0 spiro atoms. The molecule has 0 amide bonds. The lowest BCUT2D eigenvalue weighted by atomic mass is 10.7. The van der Waals surface area contributed by atoms with E-state index in [2.05, 4.69) is 15.5 Å². The van der Waals surface area contributed by atoms with E-state index in [9.17, 15) is 8.42 Å². The summed E-state index contributed by atoms with van der Waals surface area (Å²) in [5, 5.41) is 11.9. The Morgan fingerprint density at radius 2 is 2.00 bits per heavy atom. The molecule has 0 aliphatic carbocycles. The molecule has 0 aliphatic rings. The van der Waals surface area contributed by atoms with Gasteiger partial charge in [0.05, 0.1) is 0 Å². The van der Waals surface area contributed by atoms with Crippen LogP contribution in [0.1, 0.15) is 10.0 Å². The summed E-state index contributed by atoms with van der Waals surface area (Å²) in [6.45, 7) is 0.626. The van der Waals surface area contributed by atoms with E-state index in [-0.39, 0.29) is 5.75 Å². The van der Waals surface area contributed by atoms with Crippen LogP contribution in [0.3, 0.4) is 0 Å². The minimum Gasteiger partial charge on any atom is -0.313 e. The Labute approximate surface area is 81.1 Å². The summed E-state index contributed by atoms with van der Waals surface area (Å²) in [7, 11) is -1.19. The van der Waals surface area contributed by atoms with E-state index in [1.54, 1.807) is 7.05 Å². The van der Waals surface area contributed by atoms with Crippen LogP contribution in [0.15, 0.2) is 0 Å². The van der Waals surface area contributed by atoms with E-state index in [4.69, 9.17) is 0 Å². The number of hydrogen-bond acceptors (Lipinski definition) is 6. The summed E-state index contributed by atoms with van der Waals surface area (Å²) < 4.78 is 21.8. The summed E-state index contributed by atoms with van der Waals surface area (Å²) in [5.41, 5.74) is 0. The molecule has 0 aliphatic heterocycles. The van der Waals surface area contributed by atoms with Gasteiger partial charge < -0.3 is 5.32 Å². The summed E-state index contributed by atoms with van der Waals surface area (Å²) >= 11 is 1.32. The minimum atomic E-state index is -2.99. The highest BCUT2D eigenvalue weighted by Gasteiger charge is 2.09. The van der Waals surface area contributed by atoms with Gasteiger partial charge in [0, 0.05) is 12.8 Å². The van der Waals surface area contributed by atoms with Crippen molar-refractivity contribution in [2.24, 2.45) is 0 Å². The molecule has 0 unspecified atom stereocenters. The number of nitrogens with zero attached hydrogens (tertiary/aromatic N) is 2. The van der Waals surface area contributed by atoms with Crippen molar-refractivity contribution in [1.82, 2.24) is 15.5 Å². The van der Waals surface area contributed by atoms with E-state index in [1.807, 2.05) is 0 Å². The SMILES string of the molecule is CNCc1nnc(CS(C)(=O)=O)s1. The molecule has 0 saturated carbocycles. The fraction of sp³-hybridized carbons (Fsp3) is 0.667. The number of sulfone groups is 1. The third-order valence-corrected chi connectivity index (χ3v) is 3.13. The van der Waals surface area contributed by atoms with Crippen molar-refractivity contribution in [3.63, 3.8) is 0 Å². The zero-order valence-corrected chi connectivity index (χ0v) is 9.07. The minimum absolute atomic E-state index is 0.0195. The van der Waals surface area contributed by atoms with Gasteiger partial charge in [-0.1, -0.05) is 11.3 Å². The molecule has 7 heteroatoms. The van der Waals surface area contributed by atoms with Crippen molar-refractivity contribution in [2.75, 3.05) is 13.3 Å². The molecular weight excluding hydrogens is 210 g/mol. The molecule has 13 heavy (non-hydrogen) atoms. The Kier molecular flexibility index (Phi) is 3.34. The van der Waals surface area contributed by atoms with Gasteiger partial charge >= 0.3 is 0 Å². The van der Waals surface area contributed by atoms with Crippen molar-refractivity contribution in [2.45, 2.75) is 12.3 Å². The van der Waals surface area contributed by atoms with Crippen LogP contribution >= 0.6 is 11.3 Å². The quantitative estimate of drug-likeness (QED) is 0.762. The molecule has 1 N–H and O–H groups in total. The molecule has 0 bridgehead atoms. The molecule has 1 aromatic rings. The Balaban J connectivity index is 2.69. The van der Waals surface area contributed by atoms with Crippen LogP contribution < -0.4 is 5.32 Å². The molecule has 1 heterocycles. The second-order valence-electron chi connectivity index (χ2n) is 2.69. The van der Waals surface area contributed by atoms with Crippen molar-refractivity contribution in [3.8, 4) is 0 Å². The molecule has 74 valence electrons. The van der Waals surface area contributed by atoms with Gasteiger partial charge in [0.2, 0.25) is 0 Å². The van der Waals surface area contributed by atoms with E-state index < -0.39 is 9.84 Å². The van der Waals surface area contributed by atoms with Crippen LogP contribution in [-0.4, -0.2) is 31.9 Å². The van der Waals surface area contributed by atoms with Gasteiger partial charge in [-0.15, -0.1) is 10.2 Å². The molecule has 0 fully saturated rings. The van der Waals surface area contributed by atoms with Crippen molar-refractivity contribution in [1.29, 1.82) is 0 Å². The van der Waals surface area contributed by atoms with Gasteiger partial charge in [-0.2, -0.15) is 0 Å². The monoisotopic (exact) mass is 221 g/mol. The van der Waals surface area contributed by atoms with Gasteiger partial charge in [-0.05, 0) is 7.05 Å². The van der Waals surface area contributed by atoms with Crippen molar-refractivity contribution < 1.29 is 8.42 Å². The second-order valence-corrected chi connectivity index (χ2v) is 5.98. The van der Waals surface area contributed by atoms with Crippen LogP contribution in [0, 0.1) is 0 Å². The number of aromatic nitrogens is 2. The standard InChI is InChI=1S/C6H11N3O2S2/c1-7-3-5-8-9-6(12-5)4-13(2,10)11/h7H,3-4H2,1-2H3. The highest BCUT2D eigenvalue weighted by atomic mass is 32.2. The average molecular weight is 221 g/mol. The molecule has 0 aromatic carbocycles. The first-order valence-electron chi connectivity index (χ1n) is 3.65. The number of nitrogens with one attached hydrogen (secondary N) is 1. The fourth-order valence-corrected chi connectivity index (χ4v) is 2.83. The Morgan fingerprint density at radius 3 is 2.54 bits per heavy atom. The van der Waals surface area contributed by atoms with Gasteiger partial charge in [0.25, 0.3) is 0 Å². The molecular formula is C6H11N3O2S2. The predicted molar refractivity (Wildman–Crippen MR) is 51.2 cm³/mol. The van der Waals surface area contributed by atoms with Gasteiger partial charge in [-0.25, -0.2) is 8.42 Å². The molecule has 5 nitrogen and oxygen atoms in total. The van der Waals surface area contributed by atoms with Crippen molar-refractivity contribution >= 4 is 21.2 Å². The van der Waals surface area contributed by atoms with Crippen LogP contribution in [0.25, 0.3) is 0 Å². The first kappa shape index (κ1) is 10.6. The first-order valence-corrected chi connectivity index (χ1v) is 6.52. The largest absolute Gasteiger partial charge is 0.313 e. The predicted octanol–water partition coefficient (Wildman–Crippen LogP) is -0.198. The van der Waals surface area contributed by atoms with E-state index >= 15 is 0 Å². The van der Waals surface area contributed by atoms with Gasteiger partial charge in [-0.3, -0.25) is 0 Å². The topological polar surface area (TPSA) is 72.0 Å². The van der Waals surface area contributed by atoms with E-state index in [1.165, 1.54) is 17.6 Å². The smallest absolute Gasteiger partial charge is 0.154 e. The highest BCUT2D eigenvalue weighted by Crippen LogP contribution is 2.11. The maximum absolute atomic E-state index is 10.9. The van der Waals surface area contributed by atoms with E-state index in [0.717, 1.165) is 5.01 Å². The molecule has 1 rings (SSSR count). The Hall–Kier alpha value is -0.530. The van der Waals surface area contributed by atoms with Crippen LogP contribution in [-0.2, 0) is 22.1 Å². The van der Waals surface area contributed by atoms with Crippen molar-refractivity contribution in [3.05, 3.63) is 10.0 Å². The third kappa shape index (κ3) is 3.79. The lowest BCUT2D eigenvalue weighted by molar-refractivity contribution is 0.600. The lowest BCUT2D eigenvalue weighted by Gasteiger charge is -1.90. The average Bonchev–Trinajstić information content (AvgIpc) is 2.33. The second kappa shape index (κ2) is 4.12. The van der Waals surface area contributed by atoms with Crippen LogP contribution in [0.4, 0.5) is 0 Å². The number of hydrogen-bond donors (Lipinski definition) is 1. The maximum Gasteiger partial charge on any atom is 0.154 e. The molecule has 0 atom stereocenters. The lowest BCUT2D eigenvalue weighted by Crippen LogP contribution is -2.04. The normalized spacial score (nSPS) is 11.8.